The van der Waals surface area contributed by atoms with Gasteiger partial charge in [0.15, 0.2) is 5.78 Å². The van der Waals surface area contributed by atoms with Crippen LogP contribution in [0.25, 0.3) is 0 Å². The van der Waals surface area contributed by atoms with Crippen molar-refractivity contribution in [1.29, 1.82) is 0 Å². The fourth-order valence-corrected chi connectivity index (χ4v) is 2.79. The van der Waals surface area contributed by atoms with Crippen LogP contribution in [0.15, 0.2) is 24.3 Å². The zero-order valence-electron chi connectivity index (χ0n) is 12.6. The number of amides is 1. The predicted octanol–water partition coefficient (Wildman–Crippen LogP) is 1.48. The van der Waals surface area contributed by atoms with E-state index in [-0.39, 0.29) is 24.3 Å². The summed E-state index contributed by atoms with van der Waals surface area (Å²) in [6.07, 6.45) is 2.85. The number of hydrogen-bond donors (Lipinski definition) is 1. The molecule has 5 heteroatoms. The Labute approximate surface area is 125 Å². The molecule has 1 unspecified atom stereocenters. The first-order valence-electron chi connectivity index (χ1n) is 7.29. The molecule has 1 aliphatic heterocycles. The SMILES string of the molecule is CNC(=O)C1CCCCN1CC(=O)c1ccccc1OC. The summed E-state index contributed by atoms with van der Waals surface area (Å²) < 4.78 is 5.23. The van der Waals surface area contributed by atoms with Crippen LogP contribution in [0.4, 0.5) is 0 Å². The Kier molecular flexibility index (Phi) is 5.33. The zero-order chi connectivity index (χ0) is 15.2. The molecule has 0 bridgehead atoms. The highest BCUT2D eigenvalue weighted by atomic mass is 16.5. The third kappa shape index (κ3) is 3.61. The van der Waals surface area contributed by atoms with Crippen LogP contribution >= 0.6 is 0 Å². The second-order valence-corrected chi connectivity index (χ2v) is 5.22. The van der Waals surface area contributed by atoms with Crippen LogP contribution in [0.1, 0.15) is 29.6 Å². The lowest BCUT2D eigenvalue weighted by molar-refractivity contribution is -0.126. The lowest BCUT2D eigenvalue weighted by atomic mass is 10.00. The number of nitrogens with one attached hydrogen (secondary N) is 1. The molecule has 0 aliphatic carbocycles. The Balaban J connectivity index is 2.11. The summed E-state index contributed by atoms with van der Waals surface area (Å²) in [7, 11) is 3.19. The number of likely N-dealkylation sites (tertiary alicyclic amines) is 1. The molecule has 1 aromatic rings. The number of methoxy groups -OCH3 is 1. The Morgan fingerprint density at radius 3 is 2.81 bits per heavy atom. The molecule has 1 aliphatic rings. The first kappa shape index (κ1) is 15.5. The zero-order valence-corrected chi connectivity index (χ0v) is 12.6. The van der Waals surface area contributed by atoms with E-state index in [1.807, 2.05) is 17.0 Å². The molecule has 1 fully saturated rings. The summed E-state index contributed by atoms with van der Waals surface area (Å²) in [5, 5.41) is 2.68. The second-order valence-electron chi connectivity index (χ2n) is 5.22. The van der Waals surface area contributed by atoms with Crippen LogP contribution < -0.4 is 10.1 Å². The van der Waals surface area contributed by atoms with Crippen LogP contribution in [0.3, 0.4) is 0 Å². The molecule has 21 heavy (non-hydrogen) atoms. The lowest BCUT2D eigenvalue weighted by Crippen LogP contribution is -2.50. The standard InChI is InChI=1S/C16H22N2O3/c1-17-16(20)13-8-5-6-10-18(13)11-14(19)12-7-3-4-9-15(12)21-2/h3-4,7,9,13H,5-6,8,10-11H2,1-2H3,(H,17,20). The fourth-order valence-electron chi connectivity index (χ4n) is 2.79. The van der Waals surface area contributed by atoms with Gasteiger partial charge in [-0.05, 0) is 31.5 Å². The molecule has 114 valence electrons. The largest absolute Gasteiger partial charge is 0.496 e. The Bertz CT molecular complexity index is 516. The van der Waals surface area contributed by atoms with Gasteiger partial charge in [-0.3, -0.25) is 14.5 Å². The number of rotatable bonds is 5. The van der Waals surface area contributed by atoms with Gasteiger partial charge in [0.2, 0.25) is 5.91 Å². The number of carbonyl (C=O) groups excluding carboxylic acids is 2. The number of ketones is 1. The van der Waals surface area contributed by atoms with Crippen molar-refractivity contribution in [3.63, 3.8) is 0 Å². The number of benzene rings is 1. The second kappa shape index (κ2) is 7.22. The maximum absolute atomic E-state index is 12.5. The van der Waals surface area contributed by atoms with Crippen LogP contribution in [0, 0.1) is 0 Å². The van der Waals surface area contributed by atoms with Gasteiger partial charge in [0.25, 0.3) is 0 Å². The van der Waals surface area contributed by atoms with Gasteiger partial charge in [-0.15, -0.1) is 0 Å². The lowest BCUT2D eigenvalue weighted by Gasteiger charge is -2.33. The number of hydrogen-bond acceptors (Lipinski definition) is 4. The maximum atomic E-state index is 12.5. The molecule has 1 amide bonds. The van der Waals surface area contributed by atoms with Crippen LogP contribution in [-0.4, -0.2) is 49.9 Å². The van der Waals surface area contributed by atoms with Gasteiger partial charge in [-0.1, -0.05) is 18.6 Å². The molecule has 1 N–H and O–H groups in total. The molecule has 1 saturated heterocycles. The van der Waals surface area contributed by atoms with Crippen molar-refractivity contribution in [3.05, 3.63) is 29.8 Å². The van der Waals surface area contributed by atoms with Crippen LogP contribution in [0.2, 0.25) is 0 Å². The normalized spacial score (nSPS) is 19.0. The number of Topliss-reactive ketones (excluding diaryl/α,β-unsaturated/α-hetero) is 1. The van der Waals surface area contributed by atoms with E-state index in [0.717, 1.165) is 25.8 Å². The van der Waals surface area contributed by atoms with Gasteiger partial charge in [0.05, 0.1) is 25.3 Å². The van der Waals surface area contributed by atoms with Crippen molar-refractivity contribution in [2.75, 3.05) is 27.2 Å². The number of para-hydroxylation sites is 1. The van der Waals surface area contributed by atoms with Crippen molar-refractivity contribution in [3.8, 4) is 5.75 Å². The van der Waals surface area contributed by atoms with Crippen molar-refractivity contribution >= 4 is 11.7 Å². The van der Waals surface area contributed by atoms with E-state index >= 15 is 0 Å². The van der Waals surface area contributed by atoms with E-state index in [1.165, 1.54) is 0 Å². The summed E-state index contributed by atoms with van der Waals surface area (Å²) >= 11 is 0. The molecule has 1 heterocycles. The Hall–Kier alpha value is -1.88. The molecule has 5 nitrogen and oxygen atoms in total. The van der Waals surface area contributed by atoms with E-state index < -0.39 is 0 Å². The van der Waals surface area contributed by atoms with Crippen LogP contribution in [0.5, 0.6) is 5.75 Å². The molecule has 1 aromatic carbocycles. The summed E-state index contributed by atoms with van der Waals surface area (Å²) in [6.45, 7) is 1.03. The van der Waals surface area contributed by atoms with Gasteiger partial charge < -0.3 is 10.1 Å². The predicted molar refractivity (Wildman–Crippen MR) is 80.6 cm³/mol. The minimum atomic E-state index is -0.206. The number of ether oxygens (including phenoxy) is 1. The summed E-state index contributed by atoms with van der Waals surface area (Å²) in [6, 6.07) is 6.99. The molecular formula is C16H22N2O3. The monoisotopic (exact) mass is 290 g/mol. The quantitative estimate of drug-likeness (QED) is 0.835. The minimum Gasteiger partial charge on any atom is -0.496 e. The summed E-state index contributed by atoms with van der Waals surface area (Å²) in [4.78, 5) is 26.4. The Morgan fingerprint density at radius 2 is 2.10 bits per heavy atom. The van der Waals surface area contributed by atoms with Crippen molar-refractivity contribution in [2.24, 2.45) is 0 Å². The van der Waals surface area contributed by atoms with Gasteiger partial charge >= 0.3 is 0 Å². The van der Waals surface area contributed by atoms with E-state index in [1.54, 1.807) is 26.3 Å². The van der Waals surface area contributed by atoms with Gasteiger partial charge in [-0.25, -0.2) is 0 Å². The average Bonchev–Trinajstić information content (AvgIpc) is 2.54. The number of carbonyl (C=O) groups is 2. The van der Waals surface area contributed by atoms with E-state index in [9.17, 15) is 9.59 Å². The van der Waals surface area contributed by atoms with E-state index in [0.29, 0.717) is 11.3 Å². The number of piperidine rings is 1. The van der Waals surface area contributed by atoms with Gasteiger partial charge in [0.1, 0.15) is 5.75 Å². The van der Waals surface area contributed by atoms with E-state index in [4.69, 9.17) is 4.74 Å². The highest BCUT2D eigenvalue weighted by Crippen LogP contribution is 2.21. The molecule has 0 spiro atoms. The molecular weight excluding hydrogens is 268 g/mol. The topological polar surface area (TPSA) is 58.6 Å². The first-order chi connectivity index (χ1) is 10.2. The highest BCUT2D eigenvalue weighted by molar-refractivity contribution is 6.00. The molecule has 0 saturated carbocycles. The minimum absolute atomic E-state index is 0.0109. The van der Waals surface area contributed by atoms with Crippen molar-refractivity contribution < 1.29 is 14.3 Å². The number of nitrogens with zero attached hydrogens (tertiary/aromatic N) is 1. The van der Waals surface area contributed by atoms with Crippen LogP contribution in [-0.2, 0) is 4.79 Å². The van der Waals surface area contributed by atoms with E-state index in [2.05, 4.69) is 5.32 Å². The van der Waals surface area contributed by atoms with Gasteiger partial charge in [0, 0.05) is 7.05 Å². The third-order valence-electron chi connectivity index (χ3n) is 3.92. The Morgan fingerprint density at radius 1 is 1.33 bits per heavy atom. The molecule has 0 aromatic heterocycles. The van der Waals surface area contributed by atoms with Crippen molar-refractivity contribution in [1.82, 2.24) is 10.2 Å². The first-order valence-corrected chi connectivity index (χ1v) is 7.29. The average molecular weight is 290 g/mol. The molecule has 1 atom stereocenters. The molecule has 2 rings (SSSR count). The molecule has 0 radical (unpaired) electrons. The maximum Gasteiger partial charge on any atom is 0.237 e. The summed E-state index contributed by atoms with van der Waals surface area (Å²) in [5.74, 6) is 0.557. The highest BCUT2D eigenvalue weighted by Gasteiger charge is 2.29. The fraction of sp³-hybridized carbons (Fsp3) is 0.500. The smallest absolute Gasteiger partial charge is 0.237 e. The third-order valence-corrected chi connectivity index (χ3v) is 3.92. The van der Waals surface area contributed by atoms with Crippen molar-refractivity contribution in [2.45, 2.75) is 25.3 Å². The summed E-state index contributed by atoms with van der Waals surface area (Å²) in [5.41, 5.74) is 0.571. The van der Waals surface area contributed by atoms with Gasteiger partial charge in [-0.2, -0.15) is 0 Å². The number of likely N-dealkylation sites (N-methyl/N-ethyl adjacent to an activating group) is 1.